The quantitative estimate of drug-likeness (QED) is 0.901. The highest BCUT2D eigenvalue weighted by molar-refractivity contribution is 9.10. The maximum Gasteiger partial charge on any atom is 0.251 e. The number of carbonyl (C=O) groups is 1. The van der Waals surface area contributed by atoms with Gasteiger partial charge in [0.15, 0.2) is 0 Å². The van der Waals surface area contributed by atoms with Crippen molar-refractivity contribution < 1.29 is 9.90 Å². The van der Waals surface area contributed by atoms with E-state index in [1.165, 1.54) is 6.42 Å². The van der Waals surface area contributed by atoms with Crippen molar-refractivity contribution in [2.75, 3.05) is 6.54 Å². The number of rotatable bonds is 3. The largest absolute Gasteiger partial charge is 0.388 e. The lowest BCUT2D eigenvalue weighted by molar-refractivity contribution is 0.00526. The molecule has 2 rings (SSSR count). The molecule has 0 saturated heterocycles. The van der Waals surface area contributed by atoms with Gasteiger partial charge in [-0.3, -0.25) is 4.79 Å². The second kappa shape index (κ2) is 5.85. The summed E-state index contributed by atoms with van der Waals surface area (Å²) in [6.07, 6.45) is 4.84. The number of hydrogen-bond donors (Lipinski definition) is 2. The summed E-state index contributed by atoms with van der Waals surface area (Å²) in [5, 5.41) is 13.1. The fourth-order valence-corrected chi connectivity index (χ4v) is 2.76. The third-order valence-corrected chi connectivity index (χ3v) is 3.94. The SMILES string of the molecule is O=C(NCC1(O)CCCCC1)c1cccc(Br)c1. The fraction of sp³-hybridized carbons (Fsp3) is 0.500. The molecular formula is C14H18BrNO2. The van der Waals surface area contributed by atoms with Crippen molar-refractivity contribution >= 4 is 21.8 Å². The van der Waals surface area contributed by atoms with E-state index in [2.05, 4.69) is 21.2 Å². The van der Waals surface area contributed by atoms with E-state index in [1.807, 2.05) is 12.1 Å². The maximum atomic E-state index is 11.9. The first-order chi connectivity index (χ1) is 8.59. The number of nitrogens with one attached hydrogen (secondary N) is 1. The minimum absolute atomic E-state index is 0.129. The van der Waals surface area contributed by atoms with Crippen molar-refractivity contribution in [1.29, 1.82) is 0 Å². The summed E-state index contributed by atoms with van der Waals surface area (Å²) < 4.78 is 0.881. The van der Waals surface area contributed by atoms with Crippen LogP contribution in [0.15, 0.2) is 28.7 Å². The number of halogens is 1. The van der Waals surface area contributed by atoms with Crippen LogP contribution in [0.5, 0.6) is 0 Å². The molecule has 0 unspecified atom stereocenters. The van der Waals surface area contributed by atoms with Crippen molar-refractivity contribution in [2.24, 2.45) is 0 Å². The molecule has 1 aliphatic carbocycles. The lowest BCUT2D eigenvalue weighted by Crippen LogP contribution is -2.44. The molecule has 1 aliphatic rings. The Morgan fingerprint density at radius 2 is 2.06 bits per heavy atom. The van der Waals surface area contributed by atoms with E-state index in [0.717, 1.165) is 30.2 Å². The van der Waals surface area contributed by atoms with Gasteiger partial charge in [0.1, 0.15) is 0 Å². The van der Waals surface area contributed by atoms with Gasteiger partial charge < -0.3 is 10.4 Å². The Labute approximate surface area is 116 Å². The van der Waals surface area contributed by atoms with Gasteiger partial charge in [0.2, 0.25) is 0 Å². The van der Waals surface area contributed by atoms with Crippen LogP contribution < -0.4 is 5.32 Å². The Balaban J connectivity index is 1.92. The minimum atomic E-state index is -0.708. The molecule has 18 heavy (non-hydrogen) atoms. The average molecular weight is 312 g/mol. The number of hydrogen-bond acceptors (Lipinski definition) is 2. The molecule has 0 atom stereocenters. The van der Waals surface area contributed by atoms with Crippen molar-refractivity contribution in [3.63, 3.8) is 0 Å². The van der Waals surface area contributed by atoms with E-state index in [9.17, 15) is 9.90 Å². The van der Waals surface area contributed by atoms with Gasteiger partial charge in [-0.2, -0.15) is 0 Å². The summed E-state index contributed by atoms with van der Waals surface area (Å²) in [5.74, 6) is -0.129. The van der Waals surface area contributed by atoms with Crippen LogP contribution in [0.25, 0.3) is 0 Å². The second-order valence-electron chi connectivity index (χ2n) is 4.98. The van der Waals surface area contributed by atoms with Crippen LogP contribution in [-0.2, 0) is 0 Å². The third kappa shape index (κ3) is 3.56. The summed E-state index contributed by atoms with van der Waals surface area (Å²) in [7, 11) is 0. The zero-order valence-electron chi connectivity index (χ0n) is 10.3. The van der Waals surface area contributed by atoms with Gasteiger partial charge in [0.25, 0.3) is 5.91 Å². The lowest BCUT2D eigenvalue weighted by Gasteiger charge is -2.32. The van der Waals surface area contributed by atoms with Crippen LogP contribution in [0.4, 0.5) is 0 Å². The number of aliphatic hydroxyl groups is 1. The first-order valence-corrected chi connectivity index (χ1v) is 7.15. The van der Waals surface area contributed by atoms with Gasteiger partial charge in [-0.1, -0.05) is 41.3 Å². The molecule has 1 aromatic carbocycles. The molecule has 1 fully saturated rings. The molecule has 2 N–H and O–H groups in total. The molecule has 1 saturated carbocycles. The normalized spacial score (nSPS) is 18.3. The highest BCUT2D eigenvalue weighted by Crippen LogP contribution is 2.27. The van der Waals surface area contributed by atoms with Crippen LogP contribution in [0.3, 0.4) is 0 Å². The van der Waals surface area contributed by atoms with Gasteiger partial charge in [0.05, 0.1) is 5.60 Å². The standard InChI is InChI=1S/C14H18BrNO2/c15-12-6-4-5-11(9-12)13(17)16-10-14(18)7-2-1-3-8-14/h4-6,9,18H,1-3,7-8,10H2,(H,16,17). The highest BCUT2D eigenvalue weighted by atomic mass is 79.9. The lowest BCUT2D eigenvalue weighted by atomic mass is 9.85. The van der Waals surface area contributed by atoms with E-state index in [4.69, 9.17) is 0 Å². The van der Waals surface area contributed by atoms with Gasteiger partial charge in [-0.25, -0.2) is 0 Å². The summed E-state index contributed by atoms with van der Waals surface area (Å²) >= 11 is 3.34. The van der Waals surface area contributed by atoms with Crippen LogP contribution in [0.2, 0.25) is 0 Å². The monoisotopic (exact) mass is 311 g/mol. The number of amides is 1. The third-order valence-electron chi connectivity index (χ3n) is 3.45. The van der Waals surface area contributed by atoms with E-state index < -0.39 is 5.60 Å². The van der Waals surface area contributed by atoms with Crippen LogP contribution >= 0.6 is 15.9 Å². The molecule has 0 aliphatic heterocycles. The minimum Gasteiger partial charge on any atom is -0.388 e. The van der Waals surface area contributed by atoms with Crippen LogP contribution in [0.1, 0.15) is 42.5 Å². The first kappa shape index (κ1) is 13.6. The van der Waals surface area contributed by atoms with Gasteiger partial charge in [-0.15, -0.1) is 0 Å². The van der Waals surface area contributed by atoms with Gasteiger partial charge in [0, 0.05) is 16.6 Å². The molecule has 0 spiro atoms. The highest BCUT2D eigenvalue weighted by Gasteiger charge is 2.29. The van der Waals surface area contributed by atoms with Crippen molar-refractivity contribution in [2.45, 2.75) is 37.7 Å². The molecule has 0 heterocycles. The maximum absolute atomic E-state index is 11.9. The molecule has 4 heteroatoms. The van der Waals surface area contributed by atoms with Crippen LogP contribution in [-0.4, -0.2) is 23.2 Å². The predicted octanol–water partition coefficient (Wildman–Crippen LogP) is 2.87. The topological polar surface area (TPSA) is 49.3 Å². The van der Waals surface area contributed by atoms with Gasteiger partial charge in [-0.05, 0) is 31.0 Å². The predicted molar refractivity (Wildman–Crippen MR) is 74.5 cm³/mol. The van der Waals surface area contributed by atoms with Crippen LogP contribution in [0, 0.1) is 0 Å². The first-order valence-electron chi connectivity index (χ1n) is 6.35. The Morgan fingerprint density at radius 1 is 1.33 bits per heavy atom. The Kier molecular flexibility index (Phi) is 4.40. The zero-order chi connectivity index (χ0) is 13.0. The van der Waals surface area contributed by atoms with Crippen molar-refractivity contribution in [3.05, 3.63) is 34.3 Å². The van der Waals surface area contributed by atoms with Gasteiger partial charge >= 0.3 is 0 Å². The second-order valence-corrected chi connectivity index (χ2v) is 5.89. The molecule has 1 amide bonds. The summed E-state index contributed by atoms with van der Waals surface area (Å²) in [6, 6.07) is 7.25. The van der Waals surface area contributed by atoms with Crippen molar-refractivity contribution in [1.82, 2.24) is 5.32 Å². The smallest absolute Gasteiger partial charge is 0.251 e. The molecule has 98 valence electrons. The molecule has 0 radical (unpaired) electrons. The molecule has 1 aromatic rings. The molecule has 0 aromatic heterocycles. The Hall–Kier alpha value is -0.870. The zero-order valence-corrected chi connectivity index (χ0v) is 11.9. The van der Waals surface area contributed by atoms with E-state index in [-0.39, 0.29) is 5.91 Å². The van der Waals surface area contributed by atoms with E-state index >= 15 is 0 Å². The van der Waals surface area contributed by atoms with E-state index in [0.29, 0.717) is 12.1 Å². The molecule has 3 nitrogen and oxygen atoms in total. The summed E-state index contributed by atoms with van der Waals surface area (Å²) in [5.41, 5.74) is -0.0938. The summed E-state index contributed by atoms with van der Waals surface area (Å²) in [4.78, 5) is 11.9. The number of benzene rings is 1. The molecular weight excluding hydrogens is 294 g/mol. The van der Waals surface area contributed by atoms with E-state index in [1.54, 1.807) is 12.1 Å². The Morgan fingerprint density at radius 3 is 2.72 bits per heavy atom. The molecule has 0 bridgehead atoms. The fourth-order valence-electron chi connectivity index (χ4n) is 2.36. The Bertz CT molecular complexity index is 428. The average Bonchev–Trinajstić information content (AvgIpc) is 2.37. The number of carbonyl (C=O) groups excluding carboxylic acids is 1. The summed E-state index contributed by atoms with van der Waals surface area (Å²) in [6.45, 7) is 0.346. The van der Waals surface area contributed by atoms with Crippen molar-refractivity contribution in [3.8, 4) is 0 Å².